The number of carbonyl (C=O) groups excluding carboxylic acids is 2. The van der Waals surface area contributed by atoms with E-state index in [0.29, 0.717) is 5.69 Å². The predicted octanol–water partition coefficient (Wildman–Crippen LogP) is -0.483. The molecular weight excluding hydrogens is 254 g/mol. The maximum Gasteiger partial charge on any atom is 0.376 e. The van der Waals surface area contributed by atoms with E-state index < -0.39 is 24.6 Å². The Morgan fingerprint density at radius 2 is 2.05 bits per heavy atom. The number of hydrogen-bond acceptors (Lipinski definition) is 8. The van der Waals surface area contributed by atoms with Crippen molar-refractivity contribution in [1.82, 2.24) is 9.97 Å². The molecule has 0 aliphatic rings. The summed E-state index contributed by atoms with van der Waals surface area (Å²) in [6.07, 6.45) is 0. The number of rotatable bonds is 5. The largest absolute Gasteiger partial charge is 0.467 e. The van der Waals surface area contributed by atoms with Gasteiger partial charge in [-0.25, -0.2) is 19.6 Å². The number of ether oxygens (including phenoxy) is 2. The molecule has 1 rings (SSSR count). The highest BCUT2D eigenvalue weighted by Crippen LogP contribution is 2.09. The van der Waals surface area contributed by atoms with Gasteiger partial charge in [-0.15, -0.1) is 0 Å². The number of aryl methyl sites for hydroxylation is 1. The van der Waals surface area contributed by atoms with Crippen LogP contribution in [0.2, 0.25) is 0 Å². The van der Waals surface area contributed by atoms with Crippen molar-refractivity contribution in [2.75, 3.05) is 26.1 Å². The van der Waals surface area contributed by atoms with Crippen molar-refractivity contribution in [3.8, 4) is 0 Å². The van der Waals surface area contributed by atoms with Gasteiger partial charge in [-0.1, -0.05) is 0 Å². The maximum absolute atomic E-state index is 11.3. The van der Waals surface area contributed by atoms with Crippen LogP contribution in [0.25, 0.3) is 0 Å². The zero-order chi connectivity index (χ0) is 14.4. The molecule has 1 unspecified atom stereocenters. The van der Waals surface area contributed by atoms with Gasteiger partial charge < -0.3 is 19.9 Å². The van der Waals surface area contributed by atoms with Gasteiger partial charge in [-0.2, -0.15) is 0 Å². The molecule has 2 N–H and O–H groups in total. The van der Waals surface area contributed by atoms with Gasteiger partial charge >= 0.3 is 11.9 Å². The molecule has 0 aliphatic carbocycles. The molecule has 8 heteroatoms. The van der Waals surface area contributed by atoms with E-state index in [4.69, 9.17) is 5.11 Å². The third kappa shape index (κ3) is 3.88. The molecule has 1 aromatic heterocycles. The van der Waals surface area contributed by atoms with Crippen LogP contribution in [0.15, 0.2) is 6.07 Å². The first-order chi connectivity index (χ1) is 9.01. The lowest BCUT2D eigenvalue weighted by molar-refractivity contribution is -0.142. The summed E-state index contributed by atoms with van der Waals surface area (Å²) in [6, 6.07) is 0.558. The monoisotopic (exact) mass is 269 g/mol. The van der Waals surface area contributed by atoms with Crippen molar-refractivity contribution in [3.63, 3.8) is 0 Å². The first kappa shape index (κ1) is 14.8. The first-order valence-electron chi connectivity index (χ1n) is 5.41. The minimum absolute atomic E-state index is 0.133. The Morgan fingerprint density at radius 1 is 1.37 bits per heavy atom. The zero-order valence-corrected chi connectivity index (χ0v) is 10.8. The molecule has 104 valence electrons. The molecule has 1 atom stereocenters. The smallest absolute Gasteiger partial charge is 0.376 e. The summed E-state index contributed by atoms with van der Waals surface area (Å²) in [5.41, 5.74) is 0.513. The quantitative estimate of drug-likeness (QED) is 0.689. The predicted molar refractivity (Wildman–Crippen MR) is 64.6 cm³/mol. The minimum Gasteiger partial charge on any atom is -0.467 e. The Hall–Kier alpha value is -2.22. The van der Waals surface area contributed by atoms with Gasteiger partial charge in [0.15, 0.2) is 0 Å². The fourth-order valence-corrected chi connectivity index (χ4v) is 1.32. The van der Waals surface area contributed by atoms with Crippen molar-refractivity contribution in [2.24, 2.45) is 0 Å². The van der Waals surface area contributed by atoms with Crippen LogP contribution in [0, 0.1) is 6.92 Å². The van der Waals surface area contributed by atoms with Crippen LogP contribution in [0.3, 0.4) is 0 Å². The van der Waals surface area contributed by atoms with Gasteiger partial charge in [-0.05, 0) is 6.92 Å². The maximum atomic E-state index is 11.3. The number of hydrogen-bond donors (Lipinski definition) is 2. The van der Waals surface area contributed by atoms with E-state index in [-0.39, 0.29) is 11.6 Å². The number of aliphatic hydroxyl groups excluding tert-OH is 1. The van der Waals surface area contributed by atoms with E-state index in [1.165, 1.54) is 20.3 Å². The summed E-state index contributed by atoms with van der Waals surface area (Å²) < 4.78 is 9.02. The minimum atomic E-state index is -0.968. The second-order valence-corrected chi connectivity index (χ2v) is 3.61. The fourth-order valence-electron chi connectivity index (χ4n) is 1.32. The highest BCUT2D eigenvalue weighted by molar-refractivity contribution is 5.85. The SMILES string of the molecule is COC(=O)c1nc(C)cc(NC(CO)C(=O)OC)n1. The number of carbonyl (C=O) groups is 2. The van der Waals surface area contributed by atoms with Crippen molar-refractivity contribution in [2.45, 2.75) is 13.0 Å². The summed E-state index contributed by atoms with van der Waals surface area (Å²) in [7, 11) is 2.42. The van der Waals surface area contributed by atoms with Crippen LogP contribution in [0.5, 0.6) is 0 Å². The van der Waals surface area contributed by atoms with Gasteiger partial charge in [0.1, 0.15) is 11.9 Å². The van der Waals surface area contributed by atoms with E-state index in [9.17, 15) is 9.59 Å². The summed E-state index contributed by atoms with van der Waals surface area (Å²) in [4.78, 5) is 30.5. The molecule has 0 saturated carbocycles. The number of aliphatic hydroxyl groups is 1. The van der Waals surface area contributed by atoms with Gasteiger partial charge in [0.2, 0.25) is 5.82 Å². The molecule has 0 bridgehead atoms. The second kappa shape index (κ2) is 6.64. The molecular formula is C11H15N3O5. The number of nitrogens with one attached hydrogen (secondary N) is 1. The molecule has 0 aliphatic heterocycles. The number of esters is 2. The van der Waals surface area contributed by atoms with Crippen LogP contribution in [-0.4, -0.2) is 53.9 Å². The van der Waals surface area contributed by atoms with E-state index in [0.717, 1.165) is 0 Å². The van der Waals surface area contributed by atoms with Gasteiger partial charge in [0.05, 0.1) is 20.8 Å². The number of aromatic nitrogens is 2. The van der Waals surface area contributed by atoms with E-state index in [1.807, 2.05) is 0 Å². The van der Waals surface area contributed by atoms with Crippen LogP contribution in [0.1, 0.15) is 16.3 Å². The number of anilines is 1. The lowest BCUT2D eigenvalue weighted by Crippen LogP contribution is -2.34. The van der Waals surface area contributed by atoms with Crippen molar-refractivity contribution >= 4 is 17.8 Å². The molecule has 1 heterocycles. The fraction of sp³-hybridized carbons (Fsp3) is 0.455. The van der Waals surface area contributed by atoms with Gasteiger partial charge in [-0.3, -0.25) is 0 Å². The molecule has 0 saturated heterocycles. The van der Waals surface area contributed by atoms with Crippen LogP contribution in [-0.2, 0) is 14.3 Å². The molecule has 1 aromatic rings. The number of nitrogens with zero attached hydrogens (tertiary/aromatic N) is 2. The Kier molecular flexibility index (Phi) is 5.19. The molecule has 19 heavy (non-hydrogen) atoms. The van der Waals surface area contributed by atoms with E-state index in [1.54, 1.807) is 6.92 Å². The third-order valence-corrected chi connectivity index (χ3v) is 2.21. The molecule has 0 aromatic carbocycles. The topological polar surface area (TPSA) is 111 Å². The lowest BCUT2D eigenvalue weighted by Gasteiger charge is -2.14. The highest BCUT2D eigenvalue weighted by Gasteiger charge is 2.19. The van der Waals surface area contributed by atoms with Gasteiger partial charge in [0, 0.05) is 11.8 Å². The third-order valence-electron chi connectivity index (χ3n) is 2.21. The summed E-state index contributed by atoms with van der Waals surface area (Å²) in [5, 5.41) is 11.7. The van der Waals surface area contributed by atoms with Crippen LogP contribution >= 0.6 is 0 Å². The molecule has 0 amide bonds. The lowest BCUT2D eigenvalue weighted by atomic mass is 10.3. The summed E-state index contributed by atoms with van der Waals surface area (Å²) in [6.45, 7) is 1.19. The van der Waals surface area contributed by atoms with E-state index >= 15 is 0 Å². The Bertz CT molecular complexity index is 477. The van der Waals surface area contributed by atoms with Gasteiger partial charge in [0.25, 0.3) is 0 Å². The Balaban J connectivity index is 2.97. The first-order valence-corrected chi connectivity index (χ1v) is 5.41. The summed E-state index contributed by atoms with van der Waals surface area (Å²) >= 11 is 0. The van der Waals surface area contributed by atoms with Crippen molar-refractivity contribution < 1.29 is 24.2 Å². The van der Waals surface area contributed by atoms with Crippen molar-refractivity contribution in [1.29, 1.82) is 0 Å². The van der Waals surface area contributed by atoms with Crippen LogP contribution in [0.4, 0.5) is 5.82 Å². The molecule has 8 nitrogen and oxygen atoms in total. The van der Waals surface area contributed by atoms with Crippen LogP contribution < -0.4 is 5.32 Å². The molecule has 0 radical (unpaired) electrons. The zero-order valence-electron chi connectivity index (χ0n) is 10.8. The average Bonchev–Trinajstić information content (AvgIpc) is 2.42. The molecule has 0 spiro atoms. The second-order valence-electron chi connectivity index (χ2n) is 3.61. The van der Waals surface area contributed by atoms with Crippen molar-refractivity contribution in [3.05, 3.63) is 17.6 Å². The molecule has 0 fully saturated rings. The van der Waals surface area contributed by atoms with E-state index in [2.05, 4.69) is 24.8 Å². The Morgan fingerprint density at radius 3 is 2.58 bits per heavy atom. The standard InChI is InChI=1S/C11H15N3O5/c1-6-4-8(13-7(5-15)10(16)18-2)14-9(12-6)11(17)19-3/h4,7,15H,5H2,1-3H3,(H,12,13,14). The Labute approximate surface area is 109 Å². The normalized spacial score (nSPS) is 11.6. The average molecular weight is 269 g/mol. The summed E-state index contributed by atoms with van der Waals surface area (Å²) in [5.74, 6) is -1.24. The highest BCUT2D eigenvalue weighted by atomic mass is 16.5. The number of methoxy groups -OCH3 is 2.